The van der Waals surface area contributed by atoms with Crippen molar-refractivity contribution in [1.29, 1.82) is 0 Å². The van der Waals surface area contributed by atoms with Crippen LogP contribution in [0, 0.1) is 30.1 Å². The zero-order valence-electron chi connectivity index (χ0n) is 36.0. The van der Waals surface area contributed by atoms with Gasteiger partial charge >= 0.3 is 0 Å². The van der Waals surface area contributed by atoms with Gasteiger partial charge in [-0.25, -0.2) is 0 Å². The lowest BCUT2D eigenvalue weighted by Gasteiger charge is -2.17. The molecule has 0 aliphatic carbocycles. The molecule has 4 heteroatoms. The Kier molecular flexibility index (Phi) is 43.8. The first-order chi connectivity index (χ1) is 26.6. The van der Waals surface area contributed by atoms with Crippen molar-refractivity contribution in [2.45, 2.75) is 276 Å². The van der Waals surface area contributed by atoms with Gasteiger partial charge in [0.15, 0.2) is 0 Å². The maximum Gasteiger partial charge on any atom is 0.217 e. The molecule has 4 N–H and O–H groups in total. The van der Waals surface area contributed by atoms with Crippen molar-refractivity contribution in [2.24, 2.45) is 17.4 Å². The van der Waals surface area contributed by atoms with Gasteiger partial charge in [0, 0.05) is 19.3 Å². The zero-order valence-corrected chi connectivity index (χ0v) is 36.0. The lowest BCUT2D eigenvalue weighted by atomic mass is 9.89. The molecule has 4 nitrogen and oxygen atoms in total. The highest BCUT2D eigenvalue weighted by Gasteiger charge is 2.09. The van der Waals surface area contributed by atoms with E-state index in [-0.39, 0.29) is 11.8 Å². The van der Waals surface area contributed by atoms with E-state index in [4.69, 9.17) is 17.9 Å². The molecule has 0 aliphatic rings. The molecule has 0 aromatic heterocycles. The Hall–Kier alpha value is -1.94. The van der Waals surface area contributed by atoms with Gasteiger partial charge < -0.3 is 11.5 Å². The SMILES string of the molecule is C#CC#CCCCCCCCCCCCCCCCCCC(CCCCCCCCCCCCCC(N)=O)CCCCCCCCCCCCCC(N)=O. The highest BCUT2D eigenvalue weighted by molar-refractivity contribution is 5.73. The van der Waals surface area contributed by atoms with E-state index >= 15 is 0 Å². The molecule has 0 aliphatic heterocycles. The number of terminal acetylenes is 1. The van der Waals surface area contributed by atoms with E-state index in [0.717, 1.165) is 38.0 Å². The fraction of sp³-hybridized carbons (Fsp3) is 0.880. The molecular weight excluding hydrogens is 661 g/mol. The van der Waals surface area contributed by atoms with Crippen molar-refractivity contribution < 1.29 is 9.59 Å². The molecule has 0 rings (SSSR count). The number of carbonyl (C=O) groups is 2. The minimum absolute atomic E-state index is 0.154. The number of amides is 2. The molecule has 0 aromatic rings. The van der Waals surface area contributed by atoms with E-state index < -0.39 is 0 Å². The Balaban J connectivity index is 3.95. The Labute approximate surface area is 338 Å². The van der Waals surface area contributed by atoms with Gasteiger partial charge in [-0.05, 0) is 37.0 Å². The normalized spacial score (nSPS) is 11.1. The predicted octanol–water partition coefficient (Wildman–Crippen LogP) is 15.0. The quantitative estimate of drug-likeness (QED) is 0.0479. The second kappa shape index (κ2) is 45.4. The first-order valence-electron chi connectivity index (χ1n) is 24.1. The van der Waals surface area contributed by atoms with Crippen LogP contribution < -0.4 is 11.5 Å². The lowest BCUT2D eigenvalue weighted by molar-refractivity contribution is -0.119. The van der Waals surface area contributed by atoms with Crippen LogP contribution >= 0.6 is 0 Å². The highest BCUT2D eigenvalue weighted by Crippen LogP contribution is 2.25. The van der Waals surface area contributed by atoms with Crippen LogP contribution in [0.1, 0.15) is 276 Å². The molecule has 0 fully saturated rings. The van der Waals surface area contributed by atoms with Crippen molar-refractivity contribution in [3.63, 3.8) is 0 Å². The summed E-state index contributed by atoms with van der Waals surface area (Å²) in [4.78, 5) is 21.7. The first kappa shape index (κ1) is 52.1. The number of hydrogen-bond acceptors (Lipinski definition) is 2. The summed E-state index contributed by atoms with van der Waals surface area (Å²) in [6.45, 7) is 0. The average molecular weight is 753 g/mol. The lowest BCUT2D eigenvalue weighted by Crippen LogP contribution is -2.09. The van der Waals surface area contributed by atoms with Crippen molar-refractivity contribution in [3.05, 3.63) is 0 Å². The Bertz CT molecular complexity index is 857. The average Bonchev–Trinajstić information content (AvgIpc) is 3.15. The van der Waals surface area contributed by atoms with Crippen molar-refractivity contribution >= 4 is 11.8 Å². The first-order valence-corrected chi connectivity index (χ1v) is 24.1. The molecule has 0 radical (unpaired) electrons. The van der Waals surface area contributed by atoms with Crippen molar-refractivity contribution in [2.75, 3.05) is 0 Å². The summed E-state index contributed by atoms with van der Waals surface area (Å²) >= 11 is 0. The van der Waals surface area contributed by atoms with E-state index in [2.05, 4.69) is 17.8 Å². The molecule has 0 unspecified atom stereocenters. The molecule has 0 heterocycles. The fourth-order valence-corrected chi connectivity index (χ4v) is 8.14. The molecule has 54 heavy (non-hydrogen) atoms. The summed E-state index contributed by atoms with van der Waals surface area (Å²) in [6, 6.07) is 0. The number of rotatable bonds is 45. The molecule has 0 spiro atoms. The van der Waals surface area contributed by atoms with Crippen LogP contribution in [0.3, 0.4) is 0 Å². The molecular formula is C50H92N2O2. The van der Waals surface area contributed by atoms with Crippen molar-refractivity contribution in [1.82, 2.24) is 0 Å². The summed E-state index contributed by atoms with van der Waals surface area (Å²) in [6.07, 6.45) is 61.7. The summed E-state index contributed by atoms with van der Waals surface area (Å²) in [5.41, 5.74) is 10.5. The van der Waals surface area contributed by atoms with Crippen LogP contribution in [0.15, 0.2) is 0 Å². The van der Waals surface area contributed by atoms with Crippen LogP contribution in [0.25, 0.3) is 0 Å². The van der Waals surface area contributed by atoms with Gasteiger partial charge in [-0.2, -0.15) is 0 Å². The van der Waals surface area contributed by atoms with Crippen LogP contribution in [-0.4, -0.2) is 11.8 Å². The fourth-order valence-electron chi connectivity index (χ4n) is 8.14. The Morgan fingerprint density at radius 1 is 0.352 bits per heavy atom. The van der Waals surface area contributed by atoms with E-state index in [0.29, 0.717) is 12.8 Å². The minimum atomic E-state index is -0.154. The monoisotopic (exact) mass is 753 g/mol. The third-order valence-corrected chi connectivity index (χ3v) is 11.6. The molecule has 0 bridgehead atoms. The number of unbranched alkanes of at least 4 members (excludes halogenated alkanes) is 35. The maximum absolute atomic E-state index is 10.8. The van der Waals surface area contributed by atoms with Gasteiger partial charge in [0.05, 0.1) is 0 Å². The van der Waals surface area contributed by atoms with Crippen LogP contribution in [-0.2, 0) is 9.59 Å². The molecule has 2 amide bonds. The third-order valence-electron chi connectivity index (χ3n) is 11.6. The van der Waals surface area contributed by atoms with E-state index in [1.165, 1.54) is 231 Å². The van der Waals surface area contributed by atoms with Crippen LogP contribution in [0.4, 0.5) is 0 Å². The third kappa shape index (κ3) is 46.2. The van der Waals surface area contributed by atoms with E-state index in [1.54, 1.807) is 0 Å². The summed E-state index contributed by atoms with van der Waals surface area (Å²) in [7, 11) is 0. The summed E-state index contributed by atoms with van der Waals surface area (Å²) in [5, 5.41) is 0. The van der Waals surface area contributed by atoms with E-state index in [1.807, 2.05) is 0 Å². The maximum atomic E-state index is 10.8. The minimum Gasteiger partial charge on any atom is -0.370 e. The van der Waals surface area contributed by atoms with Crippen molar-refractivity contribution in [3.8, 4) is 24.2 Å². The standard InChI is InChI=1S/C50H92N2O2/c1-2-3-4-5-6-7-8-9-10-11-12-13-14-15-18-23-28-33-38-43-48(44-39-34-29-24-19-16-21-26-31-36-41-46-49(51)53)45-40-35-30-25-20-17-22-27-32-37-42-47-50(52)54/h1,48H,5-47H2,(H2,51,53)(H2,52,54). The smallest absolute Gasteiger partial charge is 0.217 e. The molecule has 0 saturated heterocycles. The largest absolute Gasteiger partial charge is 0.370 e. The summed E-state index contributed by atoms with van der Waals surface area (Å²) in [5.74, 6) is 8.78. The Morgan fingerprint density at radius 3 is 0.815 bits per heavy atom. The second-order valence-electron chi connectivity index (χ2n) is 16.9. The second-order valence-corrected chi connectivity index (χ2v) is 16.9. The zero-order chi connectivity index (χ0) is 39.3. The van der Waals surface area contributed by atoms with E-state index in [9.17, 15) is 9.59 Å². The van der Waals surface area contributed by atoms with Gasteiger partial charge in [0.1, 0.15) is 0 Å². The Morgan fingerprint density at radius 2 is 0.574 bits per heavy atom. The van der Waals surface area contributed by atoms with Gasteiger partial charge in [-0.3, -0.25) is 9.59 Å². The molecule has 0 aromatic carbocycles. The number of primary amides is 2. The molecule has 314 valence electrons. The topological polar surface area (TPSA) is 86.2 Å². The molecule has 0 atom stereocenters. The number of nitrogens with two attached hydrogens (primary N) is 2. The van der Waals surface area contributed by atoms with Gasteiger partial charge in [-0.1, -0.05) is 243 Å². The number of hydrogen-bond donors (Lipinski definition) is 2. The van der Waals surface area contributed by atoms with Crippen LogP contribution in [0.5, 0.6) is 0 Å². The van der Waals surface area contributed by atoms with Gasteiger partial charge in [0.2, 0.25) is 11.8 Å². The molecule has 0 saturated carbocycles. The van der Waals surface area contributed by atoms with Crippen LogP contribution in [0.2, 0.25) is 0 Å². The number of carbonyl (C=O) groups excluding carboxylic acids is 2. The summed E-state index contributed by atoms with van der Waals surface area (Å²) < 4.78 is 0. The van der Waals surface area contributed by atoms with Gasteiger partial charge in [0.25, 0.3) is 0 Å². The highest BCUT2D eigenvalue weighted by atomic mass is 16.1. The van der Waals surface area contributed by atoms with Gasteiger partial charge in [-0.15, -0.1) is 6.42 Å². The predicted molar refractivity (Wildman–Crippen MR) is 237 cm³/mol.